The van der Waals surface area contributed by atoms with Crippen LogP contribution in [0.4, 0.5) is 0 Å². The van der Waals surface area contributed by atoms with Crippen molar-refractivity contribution in [3.8, 4) is 0 Å². The molecule has 0 amide bonds. The summed E-state index contributed by atoms with van der Waals surface area (Å²) in [4.78, 5) is 4.26. The summed E-state index contributed by atoms with van der Waals surface area (Å²) in [7, 11) is 0. The summed E-state index contributed by atoms with van der Waals surface area (Å²) in [5, 5.41) is 1.32. The molecule has 3 aromatic rings. The lowest BCUT2D eigenvalue weighted by molar-refractivity contribution is 0.579. The van der Waals surface area contributed by atoms with E-state index in [1.54, 1.807) is 0 Å². The Morgan fingerprint density at radius 1 is 1.15 bits per heavy atom. The van der Waals surface area contributed by atoms with Gasteiger partial charge in [0.2, 0.25) is 0 Å². The van der Waals surface area contributed by atoms with Crippen LogP contribution >= 0.6 is 0 Å². The van der Waals surface area contributed by atoms with Gasteiger partial charge in [-0.2, -0.15) is 0 Å². The fourth-order valence-electron chi connectivity index (χ4n) is 2.72. The quantitative estimate of drug-likeness (QED) is 0.772. The Hall–Kier alpha value is -2.07. The lowest BCUT2D eigenvalue weighted by atomic mass is 10.1. The first-order valence-corrected chi connectivity index (χ1v) is 7.04. The van der Waals surface area contributed by atoms with Crippen molar-refractivity contribution >= 4 is 10.9 Å². The van der Waals surface area contributed by atoms with E-state index in [-0.39, 0.29) is 0 Å². The Bertz CT molecular complexity index is 708. The van der Waals surface area contributed by atoms with Gasteiger partial charge in [0.1, 0.15) is 5.82 Å². The van der Waals surface area contributed by atoms with E-state index in [0.29, 0.717) is 6.54 Å². The highest BCUT2D eigenvalue weighted by atomic mass is 15.1. The summed E-state index contributed by atoms with van der Waals surface area (Å²) >= 11 is 0. The second kappa shape index (κ2) is 5.51. The molecule has 1 aromatic carbocycles. The summed E-state index contributed by atoms with van der Waals surface area (Å²) in [5.74, 6) is 1.06. The molecular formula is C16H20N4. The Morgan fingerprint density at radius 2 is 1.95 bits per heavy atom. The summed E-state index contributed by atoms with van der Waals surface area (Å²) in [6.45, 7) is 4.61. The van der Waals surface area contributed by atoms with Crippen molar-refractivity contribution in [3.05, 3.63) is 54.2 Å². The zero-order valence-electron chi connectivity index (χ0n) is 11.8. The molecule has 0 saturated heterocycles. The SMILES string of the molecule is Cc1nccn1CCn1cc(CCN)c2ccccc21. The standard InChI is InChI=1S/C16H20N4/c1-13-18-8-9-19(13)10-11-20-12-14(6-7-17)15-4-2-3-5-16(15)20/h2-5,8-9,12H,6-7,10-11,17H2,1H3. The largest absolute Gasteiger partial charge is 0.345 e. The number of rotatable bonds is 5. The minimum atomic E-state index is 0.689. The van der Waals surface area contributed by atoms with E-state index in [1.807, 2.05) is 19.3 Å². The van der Waals surface area contributed by atoms with Gasteiger partial charge < -0.3 is 14.9 Å². The number of benzene rings is 1. The van der Waals surface area contributed by atoms with Crippen LogP contribution in [0.3, 0.4) is 0 Å². The van der Waals surface area contributed by atoms with Crippen LogP contribution in [-0.4, -0.2) is 20.7 Å². The molecule has 0 bridgehead atoms. The maximum Gasteiger partial charge on any atom is 0.105 e. The first-order valence-electron chi connectivity index (χ1n) is 7.04. The predicted molar refractivity (Wildman–Crippen MR) is 81.7 cm³/mol. The highest BCUT2D eigenvalue weighted by Gasteiger charge is 2.07. The normalized spacial score (nSPS) is 11.3. The van der Waals surface area contributed by atoms with Crippen LogP contribution in [0.1, 0.15) is 11.4 Å². The van der Waals surface area contributed by atoms with Crippen LogP contribution in [0.2, 0.25) is 0 Å². The van der Waals surface area contributed by atoms with Gasteiger partial charge in [0, 0.05) is 42.6 Å². The molecule has 2 aromatic heterocycles. The number of nitrogens with zero attached hydrogens (tertiary/aromatic N) is 3. The van der Waals surface area contributed by atoms with Crippen LogP contribution in [0.25, 0.3) is 10.9 Å². The van der Waals surface area contributed by atoms with E-state index in [4.69, 9.17) is 5.73 Å². The van der Waals surface area contributed by atoms with Gasteiger partial charge in [0.15, 0.2) is 0 Å². The summed E-state index contributed by atoms with van der Waals surface area (Å²) in [5.41, 5.74) is 8.33. The van der Waals surface area contributed by atoms with Crippen molar-refractivity contribution in [2.24, 2.45) is 5.73 Å². The monoisotopic (exact) mass is 268 g/mol. The Balaban J connectivity index is 1.89. The summed E-state index contributed by atoms with van der Waals surface area (Å²) in [6.07, 6.45) is 7.05. The van der Waals surface area contributed by atoms with Crippen LogP contribution in [0.5, 0.6) is 0 Å². The Labute approximate surface area is 118 Å². The first kappa shape index (κ1) is 12.9. The molecule has 20 heavy (non-hydrogen) atoms. The number of aryl methyl sites for hydroxylation is 3. The minimum absolute atomic E-state index is 0.689. The van der Waals surface area contributed by atoms with Crippen molar-refractivity contribution in [2.75, 3.05) is 6.54 Å². The van der Waals surface area contributed by atoms with Gasteiger partial charge in [0.25, 0.3) is 0 Å². The van der Waals surface area contributed by atoms with Gasteiger partial charge in [0.05, 0.1) is 0 Å². The predicted octanol–water partition coefficient (Wildman–Crippen LogP) is 2.35. The fraction of sp³-hybridized carbons (Fsp3) is 0.312. The van der Waals surface area contributed by atoms with E-state index in [2.05, 4.69) is 44.6 Å². The Kier molecular flexibility index (Phi) is 3.56. The molecule has 0 saturated carbocycles. The maximum absolute atomic E-state index is 5.71. The molecule has 0 unspecified atom stereocenters. The number of aromatic nitrogens is 3. The van der Waals surface area contributed by atoms with Gasteiger partial charge in [-0.15, -0.1) is 0 Å². The van der Waals surface area contributed by atoms with Crippen molar-refractivity contribution in [2.45, 2.75) is 26.4 Å². The van der Waals surface area contributed by atoms with Crippen LogP contribution in [-0.2, 0) is 19.5 Å². The molecule has 0 atom stereocenters. The molecule has 2 N–H and O–H groups in total. The fourth-order valence-corrected chi connectivity index (χ4v) is 2.72. The molecule has 2 heterocycles. The molecule has 0 spiro atoms. The molecule has 104 valence electrons. The lowest BCUT2D eigenvalue weighted by Gasteiger charge is -2.07. The van der Waals surface area contributed by atoms with Gasteiger partial charge >= 0.3 is 0 Å². The molecule has 4 nitrogen and oxygen atoms in total. The first-order chi connectivity index (χ1) is 9.79. The topological polar surface area (TPSA) is 48.8 Å². The lowest BCUT2D eigenvalue weighted by Crippen LogP contribution is -2.07. The molecule has 3 rings (SSSR count). The van der Waals surface area contributed by atoms with Crippen molar-refractivity contribution in [3.63, 3.8) is 0 Å². The van der Waals surface area contributed by atoms with Crippen molar-refractivity contribution in [1.82, 2.24) is 14.1 Å². The average Bonchev–Trinajstić information content (AvgIpc) is 3.02. The van der Waals surface area contributed by atoms with Gasteiger partial charge in [-0.25, -0.2) is 4.98 Å². The van der Waals surface area contributed by atoms with Gasteiger partial charge in [-0.05, 0) is 31.5 Å². The van der Waals surface area contributed by atoms with Crippen LogP contribution in [0, 0.1) is 6.92 Å². The molecular weight excluding hydrogens is 248 g/mol. The number of nitrogens with two attached hydrogens (primary N) is 1. The zero-order valence-corrected chi connectivity index (χ0v) is 11.8. The third kappa shape index (κ3) is 2.34. The molecule has 0 radical (unpaired) electrons. The molecule has 0 aliphatic rings. The van der Waals surface area contributed by atoms with Crippen LogP contribution in [0.15, 0.2) is 42.9 Å². The zero-order chi connectivity index (χ0) is 13.9. The smallest absolute Gasteiger partial charge is 0.105 e. The minimum Gasteiger partial charge on any atom is -0.345 e. The van der Waals surface area contributed by atoms with E-state index in [0.717, 1.165) is 25.3 Å². The number of hydrogen-bond acceptors (Lipinski definition) is 2. The van der Waals surface area contributed by atoms with Crippen molar-refractivity contribution in [1.29, 1.82) is 0 Å². The maximum atomic E-state index is 5.71. The second-order valence-electron chi connectivity index (χ2n) is 5.07. The number of hydrogen-bond donors (Lipinski definition) is 1. The molecule has 4 heteroatoms. The number of para-hydroxylation sites is 1. The van der Waals surface area contributed by atoms with Gasteiger partial charge in [-0.1, -0.05) is 18.2 Å². The molecule has 0 aliphatic carbocycles. The van der Waals surface area contributed by atoms with E-state index in [9.17, 15) is 0 Å². The molecule has 0 fully saturated rings. The number of imidazole rings is 1. The highest BCUT2D eigenvalue weighted by Crippen LogP contribution is 2.21. The summed E-state index contributed by atoms with van der Waals surface area (Å²) < 4.78 is 4.50. The van der Waals surface area contributed by atoms with Crippen LogP contribution < -0.4 is 5.73 Å². The third-order valence-corrected chi connectivity index (χ3v) is 3.79. The third-order valence-electron chi connectivity index (χ3n) is 3.79. The second-order valence-corrected chi connectivity index (χ2v) is 5.07. The average molecular weight is 268 g/mol. The van der Waals surface area contributed by atoms with E-state index < -0.39 is 0 Å². The van der Waals surface area contributed by atoms with E-state index >= 15 is 0 Å². The molecule has 0 aliphatic heterocycles. The van der Waals surface area contributed by atoms with Crippen molar-refractivity contribution < 1.29 is 0 Å². The Morgan fingerprint density at radius 3 is 2.70 bits per heavy atom. The summed E-state index contributed by atoms with van der Waals surface area (Å²) in [6, 6.07) is 8.54. The highest BCUT2D eigenvalue weighted by molar-refractivity contribution is 5.84. The number of fused-ring (bicyclic) bond motifs is 1. The van der Waals surface area contributed by atoms with E-state index in [1.165, 1.54) is 16.5 Å². The van der Waals surface area contributed by atoms with Gasteiger partial charge in [-0.3, -0.25) is 0 Å².